The first-order valence-corrected chi connectivity index (χ1v) is 13.3. The van der Waals surface area contributed by atoms with E-state index in [2.05, 4.69) is 50.2 Å². The van der Waals surface area contributed by atoms with Crippen LogP contribution in [-0.2, 0) is 15.6 Å². The van der Waals surface area contributed by atoms with Crippen LogP contribution in [0.15, 0.2) is 60.7 Å². The second-order valence-electron chi connectivity index (χ2n) is 10.6. The molecule has 2 aromatic carbocycles. The van der Waals surface area contributed by atoms with Crippen molar-refractivity contribution in [2.75, 3.05) is 0 Å². The average Bonchev–Trinajstić information content (AvgIpc) is 2.83. The van der Waals surface area contributed by atoms with Crippen molar-refractivity contribution in [3.05, 3.63) is 71.8 Å². The second kappa shape index (κ2) is 15.1. The topological polar surface area (TPSA) is 57.5 Å². The average molecular weight is 467 g/mol. The van der Waals surface area contributed by atoms with E-state index in [-0.39, 0.29) is 10.8 Å². The van der Waals surface area contributed by atoms with Gasteiger partial charge in [0.25, 0.3) is 0 Å². The molecule has 188 valence electrons. The number of aliphatic hydroxyl groups is 2. The fourth-order valence-electron chi connectivity index (χ4n) is 5.26. The molecule has 0 bridgehead atoms. The van der Waals surface area contributed by atoms with Crippen molar-refractivity contribution in [3.8, 4) is 0 Å². The molecule has 0 aliphatic carbocycles. The first kappa shape index (κ1) is 28.3. The Morgan fingerprint density at radius 1 is 0.647 bits per heavy atom. The third-order valence-electron chi connectivity index (χ3n) is 7.57. The lowest BCUT2D eigenvalue weighted by Gasteiger charge is -2.31. The molecule has 0 aromatic heterocycles. The molecule has 2 N–H and O–H groups in total. The Hall–Kier alpha value is -1.97. The summed E-state index contributed by atoms with van der Waals surface area (Å²) in [6, 6.07) is 20.7. The second-order valence-corrected chi connectivity index (χ2v) is 10.6. The van der Waals surface area contributed by atoms with Crippen LogP contribution >= 0.6 is 0 Å². The molecule has 2 atom stereocenters. The van der Waals surface area contributed by atoms with E-state index >= 15 is 0 Å². The zero-order valence-electron chi connectivity index (χ0n) is 21.4. The van der Waals surface area contributed by atoms with E-state index in [1.807, 2.05) is 24.3 Å². The Bertz CT molecular complexity index is 789. The van der Waals surface area contributed by atoms with E-state index in [9.17, 15) is 15.0 Å². The maximum Gasteiger partial charge on any atom is 0.152 e. The van der Waals surface area contributed by atoms with Crippen LogP contribution in [0.4, 0.5) is 0 Å². The molecular formula is C31H46O3. The summed E-state index contributed by atoms with van der Waals surface area (Å²) in [5.41, 5.74) is 2.25. The van der Waals surface area contributed by atoms with Gasteiger partial charge in [-0.1, -0.05) is 132 Å². The summed E-state index contributed by atoms with van der Waals surface area (Å²) in [4.78, 5) is 11.2. The Morgan fingerprint density at radius 2 is 1.03 bits per heavy atom. The van der Waals surface area contributed by atoms with Crippen molar-refractivity contribution in [2.24, 2.45) is 0 Å². The molecule has 0 saturated heterocycles. The van der Waals surface area contributed by atoms with Crippen LogP contribution in [0.25, 0.3) is 0 Å². The maximum absolute atomic E-state index is 11.2. The third kappa shape index (κ3) is 9.72. The van der Waals surface area contributed by atoms with Crippen molar-refractivity contribution >= 4 is 6.29 Å². The van der Waals surface area contributed by atoms with Gasteiger partial charge in [0, 0.05) is 12.8 Å². The zero-order chi connectivity index (χ0) is 24.7. The van der Waals surface area contributed by atoms with Crippen molar-refractivity contribution in [1.82, 2.24) is 0 Å². The summed E-state index contributed by atoms with van der Waals surface area (Å²) >= 11 is 0. The molecule has 0 aliphatic rings. The highest BCUT2D eigenvalue weighted by atomic mass is 16.5. The standard InChI is InChI=1S/C31H46O3/c1-30(24-25-32,27-18-12-10-13-19-27)22-16-8-6-4-3-5-7-9-17-23-31(2,26-29(33)34)28-20-14-11-15-21-28/h10-15,18-21,25,29,33-34H,3-9,16-17,22-24,26H2,1-2H3. The summed E-state index contributed by atoms with van der Waals surface area (Å²) < 4.78 is 0. The minimum Gasteiger partial charge on any atom is -0.368 e. The number of aliphatic hydroxyl groups excluding tert-OH is 1. The van der Waals surface area contributed by atoms with Crippen LogP contribution in [0.2, 0.25) is 0 Å². The van der Waals surface area contributed by atoms with Crippen LogP contribution in [0, 0.1) is 0 Å². The van der Waals surface area contributed by atoms with E-state index in [4.69, 9.17) is 0 Å². The highest BCUT2D eigenvalue weighted by Gasteiger charge is 2.28. The van der Waals surface area contributed by atoms with Crippen LogP contribution in [0.5, 0.6) is 0 Å². The number of carbonyl (C=O) groups is 1. The highest BCUT2D eigenvalue weighted by Crippen LogP contribution is 2.35. The van der Waals surface area contributed by atoms with E-state index in [0.717, 1.165) is 25.5 Å². The maximum atomic E-state index is 11.2. The van der Waals surface area contributed by atoms with Crippen molar-refractivity contribution in [3.63, 3.8) is 0 Å². The summed E-state index contributed by atoms with van der Waals surface area (Å²) in [5, 5.41) is 19.2. The fraction of sp³-hybridized carbons (Fsp3) is 0.581. The molecule has 2 rings (SSSR count). The van der Waals surface area contributed by atoms with Gasteiger partial charge in [0.05, 0.1) is 0 Å². The lowest BCUT2D eigenvalue weighted by molar-refractivity contribution is -0.108. The molecule has 0 saturated carbocycles. The Kier molecular flexibility index (Phi) is 12.6. The molecule has 0 fully saturated rings. The molecule has 0 heterocycles. The van der Waals surface area contributed by atoms with Crippen LogP contribution < -0.4 is 0 Å². The van der Waals surface area contributed by atoms with Crippen LogP contribution in [-0.4, -0.2) is 22.8 Å². The number of benzene rings is 2. The van der Waals surface area contributed by atoms with Crippen LogP contribution in [0.1, 0.15) is 108 Å². The van der Waals surface area contributed by atoms with Crippen molar-refractivity contribution < 1.29 is 15.0 Å². The van der Waals surface area contributed by atoms with Gasteiger partial charge in [0.2, 0.25) is 0 Å². The van der Waals surface area contributed by atoms with Gasteiger partial charge in [-0.05, 0) is 34.8 Å². The van der Waals surface area contributed by atoms with E-state index in [1.54, 1.807) is 0 Å². The minimum atomic E-state index is -1.27. The molecular weight excluding hydrogens is 420 g/mol. The molecule has 0 spiro atoms. The number of hydrogen-bond donors (Lipinski definition) is 2. The van der Waals surface area contributed by atoms with Crippen molar-refractivity contribution in [2.45, 2.75) is 114 Å². The largest absolute Gasteiger partial charge is 0.368 e. The lowest BCUT2D eigenvalue weighted by Crippen LogP contribution is -2.28. The zero-order valence-corrected chi connectivity index (χ0v) is 21.4. The molecule has 0 radical (unpaired) electrons. The Labute approximate surface area is 207 Å². The normalized spacial score (nSPS) is 15.1. The lowest BCUT2D eigenvalue weighted by atomic mass is 9.75. The summed E-state index contributed by atoms with van der Waals surface area (Å²) in [5.74, 6) is 0. The summed E-state index contributed by atoms with van der Waals surface area (Å²) in [6.07, 6.45) is 13.9. The minimum absolute atomic E-state index is 0.0384. The van der Waals surface area contributed by atoms with Gasteiger partial charge in [-0.15, -0.1) is 0 Å². The van der Waals surface area contributed by atoms with Gasteiger partial charge in [-0.2, -0.15) is 0 Å². The first-order chi connectivity index (χ1) is 16.4. The fourth-order valence-corrected chi connectivity index (χ4v) is 5.26. The number of carbonyl (C=O) groups excluding carboxylic acids is 1. The summed E-state index contributed by atoms with van der Waals surface area (Å²) in [7, 11) is 0. The van der Waals surface area contributed by atoms with Crippen LogP contribution in [0.3, 0.4) is 0 Å². The molecule has 0 amide bonds. The van der Waals surface area contributed by atoms with Gasteiger partial charge in [-0.25, -0.2) is 0 Å². The number of hydrogen-bond acceptors (Lipinski definition) is 3. The molecule has 2 unspecified atom stereocenters. The number of aldehydes is 1. The monoisotopic (exact) mass is 466 g/mol. The smallest absolute Gasteiger partial charge is 0.152 e. The van der Waals surface area contributed by atoms with E-state index < -0.39 is 6.29 Å². The molecule has 2 aromatic rings. The number of unbranched alkanes of at least 4 members (excludes halogenated alkanes) is 8. The van der Waals surface area contributed by atoms with Gasteiger partial charge in [0.1, 0.15) is 6.29 Å². The van der Waals surface area contributed by atoms with E-state index in [1.165, 1.54) is 62.5 Å². The first-order valence-electron chi connectivity index (χ1n) is 13.3. The predicted molar refractivity (Wildman–Crippen MR) is 142 cm³/mol. The molecule has 0 aliphatic heterocycles. The SMILES string of the molecule is CC(CC=O)(CCCCCCCCCCCC(C)(CC(O)O)c1ccccc1)c1ccccc1. The van der Waals surface area contributed by atoms with Crippen molar-refractivity contribution in [1.29, 1.82) is 0 Å². The number of rotatable bonds is 18. The Balaban J connectivity index is 1.58. The molecule has 3 nitrogen and oxygen atoms in total. The van der Waals surface area contributed by atoms with E-state index in [0.29, 0.717) is 12.8 Å². The van der Waals surface area contributed by atoms with Gasteiger partial charge in [0.15, 0.2) is 6.29 Å². The highest BCUT2D eigenvalue weighted by molar-refractivity contribution is 5.53. The van der Waals surface area contributed by atoms with Gasteiger partial charge in [-0.3, -0.25) is 0 Å². The summed E-state index contributed by atoms with van der Waals surface area (Å²) in [6.45, 7) is 4.38. The quantitative estimate of drug-likeness (QED) is 0.136. The Morgan fingerprint density at radius 3 is 1.44 bits per heavy atom. The van der Waals surface area contributed by atoms with Gasteiger partial charge >= 0.3 is 0 Å². The molecule has 34 heavy (non-hydrogen) atoms. The third-order valence-corrected chi connectivity index (χ3v) is 7.57. The molecule has 3 heteroatoms. The predicted octanol–water partition coefficient (Wildman–Crippen LogP) is 7.48. The van der Waals surface area contributed by atoms with Gasteiger partial charge < -0.3 is 15.0 Å².